The van der Waals surface area contributed by atoms with Crippen molar-refractivity contribution in [3.63, 3.8) is 0 Å². The van der Waals surface area contributed by atoms with Crippen LogP contribution in [0.2, 0.25) is 0 Å². The maximum atomic E-state index is 10.2. The van der Waals surface area contributed by atoms with E-state index in [1.807, 2.05) is 0 Å². The van der Waals surface area contributed by atoms with E-state index in [0.29, 0.717) is 12.3 Å². The van der Waals surface area contributed by atoms with Gasteiger partial charge in [0.1, 0.15) is 5.75 Å². The number of aromatic carboxylic acids is 1. The first kappa shape index (κ1) is 16.3. The van der Waals surface area contributed by atoms with E-state index >= 15 is 0 Å². The highest BCUT2D eigenvalue weighted by Crippen LogP contribution is 2.25. The molecule has 0 atom stereocenters. The molecule has 0 aliphatic heterocycles. The summed E-state index contributed by atoms with van der Waals surface area (Å²) in [6, 6.07) is 10.4. The van der Waals surface area contributed by atoms with Gasteiger partial charge < -0.3 is 25.8 Å². The van der Waals surface area contributed by atoms with Gasteiger partial charge in [-0.3, -0.25) is 0 Å². The highest BCUT2D eigenvalue weighted by Gasteiger charge is 2.00. The number of ether oxygens (including phenoxy) is 1. The molecule has 0 heterocycles. The number of methoxy groups -OCH3 is 1. The van der Waals surface area contributed by atoms with Crippen LogP contribution >= 0.6 is 0 Å². The summed E-state index contributed by atoms with van der Waals surface area (Å²) in [5.41, 5.74) is 6.51. The van der Waals surface area contributed by atoms with Crippen molar-refractivity contribution in [1.29, 1.82) is 0 Å². The van der Waals surface area contributed by atoms with Gasteiger partial charge in [0.05, 0.1) is 12.7 Å². The van der Waals surface area contributed by atoms with Gasteiger partial charge in [-0.2, -0.15) is 0 Å². The topological polar surface area (TPSA) is 113 Å². The number of hydrogen-bond acceptors (Lipinski definition) is 5. The molecular weight excluding hydrogens is 274 g/mol. The van der Waals surface area contributed by atoms with Crippen molar-refractivity contribution in [3.8, 4) is 17.2 Å². The molecule has 2 aromatic rings. The van der Waals surface area contributed by atoms with Gasteiger partial charge in [-0.15, -0.1) is 0 Å². The molecule has 0 aliphatic rings. The van der Waals surface area contributed by atoms with Crippen molar-refractivity contribution in [2.24, 2.45) is 5.73 Å². The van der Waals surface area contributed by atoms with Crippen LogP contribution in [-0.4, -0.2) is 28.4 Å². The predicted octanol–water partition coefficient (Wildman–Crippen LogP) is 1.95. The Kier molecular flexibility index (Phi) is 6.03. The third-order valence-electron chi connectivity index (χ3n) is 2.59. The first-order chi connectivity index (χ1) is 9.97. The van der Waals surface area contributed by atoms with Crippen LogP contribution < -0.4 is 10.5 Å². The minimum Gasteiger partial charge on any atom is -0.508 e. The van der Waals surface area contributed by atoms with Crippen LogP contribution in [0.5, 0.6) is 17.2 Å². The summed E-state index contributed by atoms with van der Waals surface area (Å²) in [7, 11) is 1.51. The molecule has 0 bridgehead atoms. The van der Waals surface area contributed by atoms with Crippen molar-refractivity contribution in [3.05, 3.63) is 53.6 Å². The number of benzene rings is 2. The van der Waals surface area contributed by atoms with E-state index < -0.39 is 5.97 Å². The summed E-state index contributed by atoms with van der Waals surface area (Å²) in [5.74, 6) is -0.303. The van der Waals surface area contributed by atoms with Crippen molar-refractivity contribution in [2.75, 3.05) is 7.11 Å². The Morgan fingerprint density at radius 3 is 2.24 bits per heavy atom. The number of phenols is 2. The number of hydrogen-bond donors (Lipinski definition) is 4. The summed E-state index contributed by atoms with van der Waals surface area (Å²) < 4.78 is 4.88. The molecule has 112 valence electrons. The third-order valence-corrected chi connectivity index (χ3v) is 2.59. The lowest BCUT2D eigenvalue weighted by molar-refractivity contribution is 0.0697. The van der Waals surface area contributed by atoms with Crippen LogP contribution in [0.3, 0.4) is 0 Å². The fourth-order valence-corrected chi connectivity index (χ4v) is 1.45. The van der Waals surface area contributed by atoms with Crippen LogP contribution in [0.1, 0.15) is 15.9 Å². The molecule has 0 saturated heterocycles. The standard InChI is InChI=1S/C8H11NO2.C7H6O3/c1-11-8-4-6(5-9)2-3-7(8)10;8-6-3-1-5(2-4-6)7(9)10/h2-4,10H,5,9H2,1H3;1-4,8H,(H,9,10). The summed E-state index contributed by atoms with van der Waals surface area (Å²) in [6.45, 7) is 0.455. The fraction of sp³-hybridized carbons (Fsp3) is 0.133. The molecule has 0 amide bonds. The van der Waals surface area contributed by atoms with Crippen LogP contribution in [0.15, 0.2) is 42.5 Å². The Bertz CT molecular complexity index is 596. The molecule has 0 saturated carbocycles. The largest absolute Gasteiger partial charge is 0.508 e. The van der Waals surface area contributed by atoms with E-state index in [0.717, 1.165) is 5.56 Å². The van der Waals surface area contributed by atoms with E-state index in [4.69, 9.17) is 25.8 Å². The second-order valence-corrected chi connectivity index (χ2v) is 4.06. The number of rotatable bonds is 3. The van der Waals surface area contributed by atoms with E-state index in [-0.39, 0.29) is 17.1 Å². The fourth-order valence-electron chi connectivity index (χ4n) is 1.45. The highest BCUT2D eigenvalue weighted by atomic mass is 16.5. The molecule has 0 aliphatic carbocycles. The van der Waals surface area contributed by atoms with Gasteiger partial charge in [0.15, 0.2) is 11.5 Å². The van der Waals surface area contributed by atoms with Crippen LogP contribution in [0.25, 0.3) is 0 Å². The molecule has 0 radical (unpaired) electrons. The normalized spacial score (nSPS) is 9.43. The van der Waals surface area contributed by atoms with Gasteiger partial charge >= 0.3 is 5.97 Å². The molecule has 6 heteroatoms. The van der Waals surface area contributed by atoms with Crippen LogP contribution in [0, 0.1) is 0 Å². The summed E-state index contributed by atoms with van der Waals surface area (Å²) in [4.78, 5) is 10.2. The van der Waals surface area contributed by atoms with E-state index in [2.05, 4.69) is 0 Å². The third kappa shape index (κ3) is 5.04. The van der Waals surface area contributed by atoms with Gasteiger partial charge in [0.25, 0.3) is 0 Å². The highest BCUT2D eigenvalue weighted by molar-refractivity contribution is 5.87. The van der Waals surface area contributed by atoms with E-state index in [9.17, 15) is 4.79 Å². The molecule has 0 unspecified atom stereocenters. The Balaban J connectivity index is 0.000000211. The molecule has 5 N–H and O–H groups in total. The zero-order chi connectivity index (χ0) is 15.8. The lowest BCUT2D eigenvalue weighted by Crippen LogP contribution is -1.96. The Labute approximate surface area is 122 Å². The molecule has 6 nitrogen and oxygen atoms in total. The van der Waals surface area contributed by atoms with Crippen molar-refractivity contribution in [2.45, 2.75) is 6.54 Å². The first-order valence-electron chi connectivity index (χ1n) is 6.06. The number of aromatic hydroxyl groups is 2. The van der Waals surface area contributed by atoms with Gasteiger partial charge in [0.2, 0.25) is 0 Å². The second kappa shape index (κ2) is 7.76. The zero-order valence-electron chi connectivity index (χ0n) is 11.5. The lowest BCUT2D eigenvalue weighted by atomic mass is 10.2. The average Bonchev–Trinajstić information content (AvgIpc) is 2.49. The Morgan fingerprint density at radius 2 is 1.76 bits per heavy atom. The average molecular weight is 291 g/mol. The summed E-state index contributed by atoms with van der Waals surface area (Å²) in [6.07, 6.45) is 0. The summed E-state index contributed by atoms with van der Waals surface area (Å²) >= 11 is 0. The first-order valence-corrected chi connectivity index (χ1v) is 6.06. The molecule has 0 fully saturated rings. The minimum absolute atomic E-state index is 0.0741. The SMILES string of the molecule is COc1cc(CN)ccc1O.O=C(O)c1ccc(O)cc1. The molecular formula is C15H17NO5. The van der Waals surface area contributed by atoms with Crippen LogP contribution in [0.4, 0.5) is 0 Å². The second-order valence-electron chi connectivity index (χ2n) is 4.06. The monoisotopic (exact) mass is 291 g/mol. The van der Waals surface area contributed by atoms with E-state index in [1.54, 1.807) is 18.2 Å². The number of nitrogens with two attached hydrogens (primary N) is 1. The number of carboxylic acid groups (broad SMARTS) is 1. The molecule has 2 aromatic carbocycles. The lowest BCUT2D eigenvalue weighted by Gasteiger charge is -2.03. The summed E-state index contributed by atoms with van der Waals surface area (Å²) in [5, 5.41) is 26.3. The quantitative estimate of drug-likeness (QED) is 0.687. The molecule has 0 aromatic heterocycles. The van der Waals surface area contributed by atoms with Crippen molar-refractivity contribution in [1.82, 2.24) is 0 Å². The van der Waals surface area contributed by atoms with Gasteiger partial charge in [-0.25, -0.2) is 4.79 Å². The molecule has 2 rings (SSSR count). The Hall–Kier alpha value is -2.73. The van der Waals surface area contributed by atoms with Gasteiger partial charge in [0, 0.05) is 6.54 Å². The maximum absolute atomic E-state index is 10.2. The van der Waals surface area contributed by atoms with Crippen molar-refractivity contribution < 1.29 is 24.9 Å². The molecule has 0 spiro atoms. The van der Waals surface area contributed by atoms with Gasteiger partial charge in [-0.05, 0) is 42.0 Å². The minimum atomic E-state index is -0.986. The predicted molar refractivity (Wildman–Crippen MR) is 77.6 cm³/mol. The Morgan fingerprint density at radius 1 is 1.14 bits per heavy atom. The van der Waals surface area contributed by atoms with Crippen LogP contribution in [-0.2, 0) is 6.54 Å². The number of carboxylic acids is 1. The van der Waals surface area contributed by atoms with Crippen molar-refractivity contribution >= 4 is 5.97 Å². The maximum Gasteiger partial charge on any atom is 0.335 e. The smallest absolute Gasteiger partial charge is 0.335 e. The van der Waals surface area contributed by atoms with E-state index in [1.165, 1.54) is 31.4 Å². The zero-order valence-corrected chi connectivity index (χ0v) is 11.5. The number of phenolic OH excluding ortho intramolecular Hbond substituents is 2. The molecule has 21 heavy (non-hydrogen) atoms. The number of carbonyl (C=O) groups is 1. The van der Waals surface area contributed by atoms with Gasteiger partial charge in [-0.1, -0.05) is 6.07 Å².